The van der Waals surface area contributed by atoms with Gasteiger partial charge in [-0.25, -0.2) is 4.68 Å². The SMILES string of the molecule is Nc1c([N+](=O)[O-])cnn1CC1CC1. The van der Waals surface area contributed by atoms with E-state index < -0.39 is 4.92 Å². The van der Waals surface area contributed by atoms with E-state index in [1.54, 1.807) is 0 Å². The molecule has 0 unspecified atom stereocenters. The number of hydrogen-bond acceptors (Lipinski definition) is 4. The minimum atomic E-state index is -0.508. The highest BCUT2D eigenvalue weighted by molar-refractivity contribution is 5.51. The second-order valence-corrected chi connectivity index (χ2v) is 3.30. The topological polar surface area (TPSA) is 87.0 Å². The maximum atomic E-state index is 10.4. The largest absolute Gasteiger partial charge is 0.378 e. The third-order valence-corrected chi connectivity index (χ3v) is 2.18. The van der Waals surface area contributed by atoms with Gasteiger partial charge in [-0.2, -0.15) is 5.10 Å². The first-order valence-electron chi connectivity index (χ1n) is 4.14. The van der Waals surface area contributed by atoms with Gasteiger partial charge in [-0.3, -0.25) is 10.1 Å². The summed E-state index contributed by atoms with van der Waals surface area (Å²) in [5, 5.41) is 14.3. The van der Waals surface area contributed by atoms with E-state index in [-0.39, 0.29) is 11.5 Å². The van der Waals surface area contributed by atoms with Crippen LogP contribution in [0.15, 0.2) is 6.20 Å². The molecule has 0 radical (unpaired) electrons. The van der Waals surface area contributed by atoms with Crippen molar-refractivity contribution < 1.29 is 4.92 Å². The number of hydrogen-bond donors (Lipinski definition) is 1. The monoisotopic (exact) mass is 182 g/mol. The smallest absolute Gasteiger partial charge is 0.330 e. The molecule has 0 amide bonds. The lowest BCUT2D eigenvalue weighted by Gasteiger charge is -1.99. The Morgan fingerprint density at radius 3 is 2.92 bits per heavy atom. The van der Waals surface area contributed by atoms with Crippen LogP contribution in [-0.2, 0) is 6.54 Å². The minimum Gasteiger partial charge on any atom is -0.378 e. The second kappa shape index (κ2) is 2.72. The van der Waals surface area contributed by atoms with Crippen LogP contribution < -0.4 is 5.73 Å². The van der Waals surface area contributed by atoms with Crippen molar-refractivity contribution >= 4 is 11.5 Å². The molecule has 1 aromatic heterocycles. The lowest BCUT2D eigenvalue weighted by molar-refractivity contribution is -0.384. The number of anilines is 1. The van der Waals surface area contributed by atoms with Gasteiger partial charge in [-0.05, 0) is 18.8 Å². The molecule has 1 saturated carbocycles. The van der Waals surface area contributed by atoms with Gasteiger partial charge in [0.05, 0.1) is 4.92 Å². The molecule has 0 spiro atoms. The fourth-order valence-electron chi connectivity index (χ4n) is 1.22. The summed E-state index contributed by atoms with van der Waals surface area (Å²) in [6.07, 6.45) is 3.55. The number of aromatic nitrogens is 2. The summed E-state index contributed by atoms with van der Waals surface area (Å²) in [4.78, 5) is 9.90. The molecule has 6 nitrogen and oxygen atoms in total. The van der Waals surface area contributed by atoms with Gasteiger partial charge < -0.3 is 5.73 Å². The van der Waals surface area contributed by atoms with Crippen LogP contribution >= 0.6 is 0 Å². The molecule has 0 aromatic carbocycles. The van der Waals surface area contributed by atoms with Gasteiger partial charge in [0.15, 0.2) is 0 Å². The summed E-state index contributed by atoms with van der Waals surface area (Å²) >= 11 is 0. The summed E-state index contributed by atoms with van der Waals surface area (Å²) in [5.74, 6) is 0.777. The molecule has 1 aliphatic carbocycles. The lowest BCUT2D eigenvalue weighted by atomic mass is 10.4. The van der Waals surface area contributed by atoms with E-state index in [0.717, 1.165) is 0 Å². The molecule has 2 N–H and O–H groups in total. The van der Waals surface area contributed by atoms with Crippen molar-refractivity contribution in [2.75, 3.05) is 5.73 Å². The molecule has 70 valence electrons. The maximum Gasteiger partial charge on any atom is 0.330 e. The molecule has 1 fully saturated rings. The number of nitro groups is 1. The van der Waals surface area contributed by atoms with E-state index in [4.69, 9.17) is 5.73 Å². The van der Waals surface area contributed by atoms with E-state index in [9.17, 15) is 10.1 Å². The van der Waals surface area contributed by atoms with Crippen molar-refractivity contribution in [3.8, 4) is 0 Å². The van der Waals surface area contributed by atoms with E-state index in [2.05, 4.69) is 5.10 Å². The van der Waals surface area contributed by atoms with Gasteiger partial charge >= 0.3 is 5.69 Å². The Hall–Kier alpha value is -1.59. The summed E-state index contributed by atoms with van der Waals surface area (Å²) in [7, 11) is 0. The highest BCUT2D eigenvalue weighted by Crippen LogP contribution is 2.32. The number of nitrogens with two attached hydrogens (primary N) is 1. The first kappa shape index (κ1) is 8.03. The first-order chi connectivity index (χ1) is 6.18. The van der Waals surface area contributed by atoms with Crippen LogP contribution in [0.25, 0.3) is 0 Å². The summed E-state index contributed by atoms with van der Waals surface area (Å²) in [6, 6.07) is 0. The van der Waals surface area contributed by atoms with Gasteiger partial charge in [0.25, 0.3) is 0 Å². The fourth-order valence-corrected chi connectivity index (χ4v) is 1.22. The van der Waals surface area contributed by atoms with Crippen molar-refractivity contribution in [3.05, 3.63) is 16.3 Å². The number of nitrogens with zero attached hydrogens (tertiary/aromatic N) is 3. The number of rotatable bonds is 3. The Labute approximate surface area is 74.5 Å². The predicted octanol–water partition coefficient (Wildman–Crippen LogP) is 0.783. The zero-order chi connectivity index (χ0) is 9.42. The van der Waals surface area contributed by atoms with Gasteiger partial charge in [0, 0.05) is 6.54 Å². The Bertz CT molecular complexity index is 342. The molecule has 0 saturated heterocycles. The molecule has 2 rings (SSSR count). The fraction of sp³-hybridized carbons (Fsp3) is 0.571. The normalized spacial score (nSPS) is 16.0. The van der Waals surface area contributed by atoms with Crippen LogP contribution in [0.4, 0.5) is 11.5 Å². The molecule has 6 heteroatoms. The summed E-state index contributed by atoms with van der Waals surface area (Å²) < 4.78 is 1.51. The third-order valence-electron chi connectivity index (χ3n) is 2.18. The lowest BCUT2D eigenvalue weighted by Crippen LogP contribution is -2.06. The second-order valence-electron chi connectivity index (χ2n) is 3.30. The van der Waals surface area contributed by atoms with Crippen molar-refractivity contribution in [1.29, 1.82) is 0 Å². The van der Waals surface area contributed by atoms with Crippen molar-refractivity contribution in [2.24, 2.45) is 5.92 Å². The summed E-state index contributed by atoms with van der Waals surface area (Å²) in [6.45, 7) is 0.708. The average Bonchev–Trinajstić information content (AvgIpc) is 2.78. The third kappa shape index (κ3) is 1.47. The van der Waals surface area contributed by atoms with Crippen LogP contribution in [0.5, 0.6) is 0 Å². The van der Waals surface area contributed by atoms with Crippen molar-refractivity contribution in [2.45, 2.75) is 19.4 Å². The first-order valence-corrected chi connectivity index (χ1v) is 4.14. The van der Waals surface area contributed by atoms with Crippen LogP contribution in [0, 0.1) is 16.0 Å². The molecule has 1 aliphatic rings. The average molecular weight is 182 g/mol. The molecule has 1 heterocycles. The quantitative estimate of drug-likeness (QED) is 0.552. The van der Waals surface area contributed by atoms with Crippen LogP contribution in [0.3, 0.4) is 0 Å². The molecule has 13 heavy (non-hydrogen) atoms. The molecule has 1 aromatic rings. The zero-order valence-corrected chi connectivity index (χ0v) is 7.01. The Balaban J connectivity index is 2.21. The van der Waals surface area contributed by atoms with E-state index >= 15 is 0 Å². The van der Waals surface area contributed by atoms with Gasteiger partial charge in [-0.15, -0.1) is 0 Å². The van der Waals surface area contributed by atoms with Crippen molar-refractivity contribution in [1.82, 2.24) is 9.78 Å². The standard InChI is InChI=1S/C7H10N4O2/c8-7-6(11(12)13)3-9-10(7)4-5-1-2-5/h3,5H,1-2,4,8H2. The Morgan fingerprint density at radius 2 is 2.46 bits per heavy atom. The Kier molecular flexibility index (Phi) is 1.68. The van der Waals surface area contributed by atoms with E-state index in [1.165, 1.54) is 23.7 Å². The van der Waals surface area contributed by atoms with Crippen LogP contribution in [0.1, 0.15) is 12.8 Å². The number of nitrogen functional groups attached to an aromatic ring is 1. The van der Waals surface area contributed by atoms with Gasteiger partial charge in [0.1, 0.15) is 6.20 Å². The minimum absolute atomic E-state index is 0.0966. The Morgan fingerprint density at radius 1 is 1.77 bits per heavy atom. The highest BCUT2D eigenvalue weighted by Gasteiger charge is 2.25. The van der Waals surface area contributed by atoms with Crippen LogP contribution in [0.2, 0.25) is 0 Å². The predicted molar refractivity (Wildman–Crippen MR) is 46.0 cm³/mol. The van der Waals surface area contributed by atoms with Crippen LogP contribution in [-0.4, -0.2) is 14.7 Å². The highest BCUT2D eigenvalue weighted by atomic mass is 16.6. The molecule has 0 aliphatic heterocycles. The molecular formula is C7H10N4O2. The zero-order valence-electron chi connectivity index (χ0n) is 7.01. The maximum absolute atomic E-state index is 10.4. The molecular weight excluding hydrogens is 172 g/mol. The van der Waals surface area contributed by atoms with Gasteiger partial charge in [-0.1, -0.05) is 0 Å². The van der Waals surface area contributed by atoms with Gasteiger partial charge in [0.2, 0.25) is 5.82 Å². The summed E-state index contributed by atoms with van der Waals surface area (Å²) in [5.41, 5.74) is 5.44. The van der Waals surface area contributed by atoms with E-state index in [0.29, 0.717) is 12.5 Å². The molecule has 0 atom stereocenters. The van der Waals surface area contributed by atoms with E-state index in [1.807, 2.05) is 0 Å². The molecule has 0 bridgehead atoms. The van der Waals surface area contributed by atoms with Crippen molar-refractivity contribution in [3.63, 3.8) is 0 Å².